The number of carbonyl (C=O) groups excluding carboxylic acids is 2. The molecular formula is C28H45N3O7. The molecular weight excluding hydrogens is 490 g/mol. The van der Waals surface area contributed by atoms with Gasteiger partial charge < -0.3 is 33.5 Å². The first-order valence-electron chi connectivity index (χ1n) is 13.6. The molecule has 2 aliphatic rings. The highest BCUT2D eigenvalue weighted by molar-refractivity contribution is 5.90. The summed E-state index contributed by atoms with van der Waals surface area (Å²) in [5, 5.41) is 0. The zero-order valence-corrected chi connectivity index (χ0v) is 23.7. The summed E-state index contributed by atoms with van der Waals surface area (Å²) in [5.41, 5.74) is 0.982. The van der Waals surface area contributed by atoms with E-state index in [9.17, 15) is 9.59 Å². The van der Waals surface area contributed by atoms with E-state index in [0.717, 1.165) is 51.3 Å². The summed E-state index contributed by atoms with van der Waals surface area (Å²) >= 11 is 0. The molecule has 0 N–H and O–H groups in total. The fourth-order valence-corrected chi connectivity index (χ4v) is 4.75. The maximum absolute atomic E-state index is 12.3. The summed E-state index contributed by atoms with van der Waals surface area (Å²) in [6.45, 7) is 13.6. The molecule has 2 saturated heterocycles. The van der Waals surface area contributed by atoms with Crippen LogP contribution in [0.5, 0.6) is 5.75 Å². The lowest BCUT2D eigenvalue weighted by Crippen LogP contribution is -2.51. The first kappa shape index (κ1) is 30.0. The summed E-state index contributed by atoms with van der Waals surface area (Å²) in [5.74, 6) is 0.885. The quantitative estimate of drug-likeness (QED) is 0.313. The Morgan fingerprint density at radius 2 is 1.61 bits per heavy atom. The number of amides is 1. The Kier molecular flexibility index (Phi) is 11.5. The highest BCUT2D eigenvalue weighted by atomic mass is 16.6. The molecule has 10 nitrogen and oxygen atoms in total. The van der Waals surface area contributed by atoms with Crippen LogP contribution >= 0.6 is 0 Å². The van der Waals surface area contributed by atoms with Gasteiger partial charge in [0.15, 0.2) is 0 Å². The van der Waals surface area contributed by atoms with E-state index < -0.39 is 5.60 Å². The smallest absolute Gasteiger partial charge is 0.410 e. The number of esters is 1. The third-order valence-electron chi connectivity index (χ3n) is 6.79. The predicted molar refractivity (Wildman–Crippen MR) is 145 cm³/mol. The number of hydrogen-bond acceptors (Lipinski definition) is 9. The average Bonchev–Trinajstić information content (AvgIpc) is 2.90. The molecule has 2 aliphatic heterocycles. The van der Waals surface area contributed by atoms with Gasteiger partial charge in [0.2, 0.25) is 0 Å². The zero-order valence-electron chi connectivity index (χ0n) is 23.7. The van der Waals surface area contributed by atoms with Crippen LogP contribution in [0.3, 0.4) is 0 Å². The number of hydrogen-bond donors (Lipinski definition) is 0. The molecule has 0 bridgehead atoms. The Hall–Kier alpha value is -2.56. The van der Waals surface area contributed by atoms with Gasteiger partial charge in [-0.2, -0.15) is 0 Å². The summed E-state index contributed by atoms with van der Waals surface area (Å²) < 4.78 is 27.0. The van der Waals surface area contributed by atoms with Crippen LogP contribution in [0.1, 0.15) is 44.0 Å². The normalized spacial score (nSPS) is 17.4. The van der Waals surface area contributed by atoms with Crippen molar-refractivity contribution in [3.05, 3.63) is 23.8 Å². The molecule has 0 spiro atoms. The van der Waals surface area contributed by atoms with Crippen LogP contribution in [0.4, 0.5) is 10.5 Å². The molecule has 1 amide bonds. The highest BCUT2D eigenvalue weighted by Crippen LogP contribution is 2.33. The number of anilines is 1. The minimum absolute atomic E-state index is 0.219. The molecule has 3 rings (SSSR count). The van der Waals surface area contributed by atoms with Gasteiger partial charge in [-0.1, -0.05) is 0 Å². The lowest BCUT2D eigenvalue weighted by atomic mass is 9.95. The summed E-state index contributed by atoms with van der Waals surface area (Å²) in [7, 11) is 3.02. The lowest BCUT2D eigenvalue weighted by molar-refractivity contribution is 0.0130. The van der Waals surface area contributed by atoms with Crippen molar-refractivity contribution in [3.63, 3.8) is 0 Å². The number of nitrogens with zero attached hydrogens (tertiary/aromatic N) is 3. The van der Waals surface area contributed by atoms with Crippen molar-refractivity contribution in [1.82, 2.24) is 9.80 Å². The second-order valence-corrected chi connectivity index (χ2v) is 10.8. The minimum atomic E-state index is -0.468. The summed E-state index contributed by atoms with van der Waals surface area (Å²) in [6, 6.07) is 5.50. The highest BCUT2D eigenvalue weighted by Gasteiger charge is 2.28. The van der Waals surface area contributed by atoms with Crippen molar-refractivity contribution in [2.75, 3.05) is 91.4 Å². The Labute approximate surface area is 227 Å². The number of piperazine rings is 1. The number of ether oxygens (including phenoxy) is 5. The van der Waals surface area contributed by atoms with E-state index in [1.807, 2.05) is 31.7 Å². The Balaban J connectivity index is 1.49. The standard InChI is InChI=1S/C28H45N3O7/c1-28(2,3)38-27(33)31-14-12-29(13-15-31)21-22-8-10-30(11-9-22)24-7-6-23(26(32)35-5)20-25(24)37-19-18-36-17-16-34-4/h6-7,20,22H,8-19,21H2,1-5H3. The van der Waals surface area contributed by atoms with Gasteiger partial charge in [-0.25, -0.2) is 9.59 Å². The van der Waals surface area contributed by atoms with Crippen molar-refractivity contribution < 1.29 is 33.3 Å². The van der Waals surface area contributed by atoms with Crippen LogP contribution in [0, 0.1) is 5.92 Å². The number of carbonyl (C=O) groups is 2. The molecule has 0 aromatic heterocycles. The van der Waals surface area contributed by atoms with Gasteiger partial charge in [0.1, 0.15) is 18.0 Å². The van der Waals surface area contributed by atoms with Gasteiger partial charge in [-0.05, 0) is 57.7 Å². The SMILES string of the molecule is COCCOCCOc1cc(C(=O)OC)ccc1N1CCC(CN2CCN(C(=O)OC(C)(C)C)CC2)CC1. The number of benzene rings is 1. The molecule has 0 saturated carbocycles. The second-order valence-electron chi connectivity index (χ2n) is 10.8. The Morgan fingerprint density at radius 1 is 0.921 bits per heavy atom. The van der Waals surface area contributed by atoms with Gasteiger partial charge in [-0.3, -0.25) is 4.90 Å². The second kappa shape index (κ2) is 14.6. The van der Waals surface area contributed by atoms with E-state index in [1.54, 1.807) is 19.2 Å². The van der Waals surface area contributed by atoms with Gasteiger partial charge in [-0.15, -0.1) is 0 Å². The van der Waals surface area contributed by atoms with Crippen molar-refractivity contribution in [3.8, 4) is 5.75 Å². The monoisotopic (exact) mass is 535 g/mol. The topological polar surface area (TPSA) is 90.0 Å². The molecule has 0 radical (unpaired) electrons. The van der Waals surface area contributed by atoms with Crippen molar-refractivity contribution in [2.45, 2.75) is 39.2 Å². The van der Waals surface area contributed by atoms with E-state index >= 15 is 0 Å². The molecule has 0 aliphatic carbocycles. The fourth-order valence-electron chi connectivity index (χ4n) is 4.75. The van der Waals surface area contributed by atoms with Gasteiger partial charge in [0.25, 0.3) is 0 Å². The van der Waals surface area contributed by atoms with E-state index in [4.69, 9.17) is 23.7 Å². The van der Waals surface area contributed by atoms with Crippen LogP contribution in [-0.2, 0) is 18.9 Å². The van der Waals surface area contributed by atoms with Crippen LogP contribution < -0.4 is 9.64 Å². The number of rotatable bonds is 11. The van der Waals surface area contributed by atoms with E-state index in [2.05, 4.69) is 9.80 Å². The summed E-state index contributed by atoms with van der Waals surface area (Å²) in [6.07, 6.45) is 1.93. The van der Waals surface area contributed by atoms with E-state index in [1.165, 1.54) is 7.11 Å². The maximum Gasteiger partial charge on any atom is 0.410 e. The molecule has 0 atom stereocenters. The molecule has 1 aromatic rings. The van der Waals surface area contributed by atoms with Gasteiger partial charge in [0, 0.05) is 52.9 Å². The zero-order chi connectivity index (χ0) is 27.5. The lowest BCUT2D eigenvalue weighted by Gasteiger charge is -2.39. The number of piperidine rings is 1. The van der Waals surface area contributed by atoms with E-state index in [-0.39, 0.29) is 12.1 Å². The Morgan fingerprint density at radius 3 is 2.24 bits per heavy atom. The van der Waals surface area contributed by atoms with Crippen molar-refractivity contribution in [2.24, 2.45) is 5.92 Å². The van der Waals surface area contributed by atoms with Gasteiger partial charge >= 0.3 is 12.1 Å². The average molecular weight is 536 g/mol. The van der Waals surface area contributed by atoms with Crippen LogP contribution in [-0.4, -0.2) is 114 Å². The van der Waals surface area contributed by atoms with Gasteiger partial charge in [0.05, 0.1) is 38.2 Å². The van der Waals surface area contributed by atoms with Crippen molar-refractivity contribution in [1.29, 1.82) is 0 Å². The Bertz CT molecular complexity index is 889. The van der Waals surface area contributed by atoms with Crippen LogP contribution in [0.2, 0.25) is 0 Å². The van der Waals surface area contributed by atoms with Crippen LogP contribution in [0.25, 0.3) is 0 Å². The predicted octanol–water partition coefficient (Wildman–Crippen LogP) is 3.28. The molecule has 214 valence electrons. The minimum Gasteiger partial charge on any atom is -0.489 e. The van der Waals surface area contributed by atoms with E-state index in [0.29, 0.717) is 56.7 Å². The first-order valence-corrected chi connectivity index (χ1v) is 13.6. The third kappa shape index (κ3) is 9.32. The third-order valence-corrected chi connectivity index (χ3v) is 6.79. The first-order chi connectivity index (χ1) is 18.2. The molecule has 2 fully saturated rings. The molecule has 0 unspecified atom stereocenters. The molecule has 10 heteroatoms. The maximum atomic E-state index is 12.3. The van der Waals surface area contributed by atoms with Crippen molar-refractivity contribution >= 4 is 17.7 Å². The molecule has 2 heterocycles. The molecule has 1 aromatic carbocycles. The largest absolute Gasteiger partial charge is 0.489 e. The number of methoxy groups -OCH3 is 2. The summed E-state index contributed by atoms with van der Waals surface area (Å²) in [4.78, 5) is 31.0. The van der Waals surface area contributed by atoms with Crippen LogP contribution in [0.15, 0.2) is 18.2 Å². The molecule has 38 heavy (non-hydrogen) atoms. The fraction of sp³-hybridized carbons (Fsp3) is 0.714.